The summed E-state index contributed by atoms with van der Waals surface area (Å²) in [4.78, 5) is 0. The molecule has 0 spiro atoms. The van der Waals surface area contributed by atoms with Crippen molar-refractivity contribution in [3.8, 4) is 5.75 Å². The molecule has 0 aliphatic rings. The normalized spacial score (nSPS) is 12.8. The zero-order valence-corrected chi connectivity index (χ0v) is 10.9. The van der Waals surface area contributed by atoms with E-state index in [0.29, 0.717) is 0 Å². The summed E-state index contributed by atoms with van der Waals surface area (Å²) in [5, 5.41) is 3.35. The lowest BCUT2D eigenvalue weighted by atomic mass is 10.2. The van der Waals surface area contributed by atoms with Gasteiger partial charge in [-0.2, -0.15) is 0 Å². The highest BCUT2D eigenvalue weighted by Gasteiger charge is 2.14. The molecule has 17 heavy (non-hydrogen) atoms. The minimum atomic E-state index is -0.236. The van der Waals surface area contributed by atoms with Crippen LogP contribution in [-0.4, -0.2) is 33.7 Å². The van der Waals surface area contributed by atoms with Crippen LogP contribution in [-0.2, 0) is 16.0 Å². The maximum atomic E-state index is 5.19. The maximum absolute atomic E-state index is 5.19. The third kappa shape index (κ3) is 4.34. The highest BCUT2D eigenvalue weighted by molar-refractivity contribution is 5.28. The van der Waals surface area contributed by atoms with Gasteiger partial charge in [-0.25, -0.2) is 0 Å². The van der Waals surface area contributed by atoms with Gasteiger partial charge in [0.1, 0.15) is 5.75 Å². The molecule has 0 radical (unpaired) electrons. The third-order valence-electron chi connectivity index (χ3n) is 2.64. The Bertz CT molecular complexity index is 326. The van der Waals surface area contributed by atoms with Gasteiger partial charge in [0.25, 0.3) is 0 Å². The molecule has 0 aliphatic carbocycles. The van der Waals surface area contributed by atoms with E-state index in [1.54, 1.807) is 21.3 Å². The molecule has 1 aromatic carbocycles. The van der Waals surface area contributed by atoms with Gasteiger partial charge in [-0.3, -0.25) is 0 Å². The lowest BCUT2D eigenvalue weighted by Gasteiger charge is -2.22. The lowest BCUT2D eigenvalue weighted by Crippen LogP contribution is -2.39. The molecule has 1 rings (SSSR count). The van der Waals surface area contributed by atoms with Crippen molar-refractivity contribution in [2.45, 2.75) is 25.8 Å². The average molecular weight is 239 g/mol. The monoisotopic (exact) mass is 239 g/mol. The second-order valence-corrected chi connectivity index (χ2v) is 3.86. The van der Waals surface area contributed by atoms with Crippen molar-refractivity contribution in [3.63, 3.8) is 0 Å². The van der Waals surface area contributed by atoms with Gasteiger partial charge in [-0.15, -0.1) is 0 Å². The summed E-state index contributed by atoms with van der Waals surface area (Å²) in [5.74, 6) is 0.868. The van der Waals surface area contributed by atoms with Crippen LogP contribution < -0.4 is 10.1 Å². The number of rotatable bonds is 7. The smallest absolute Gasteiger partial charge is 0.171 e. The SMILES string of the molecule is COc1cccc(CNC(C)C(OC)OC)c1. The Morgan fingerprint density at radius 1 is 1.18 bits per heavy atom. The molecule has 0 bridgehead atoms. The predicted molar refractivity (Wildman–Crippen MR) is 67.1 cm³/mol. The summed E-state index contributed by atoms with van der Waals surface area (Å²) >= 11 is 0. The van der Waals surface area contributed by atoms with E-state index in [1.807, 2.05) is 25.1 Å². The Hall–Kier alpha value is -1.10. The molecule has 0 fully saturated rings. The van der Waals surface area contributed by atoms with E-state index in [2.05, 4.69) is 11.4 Å². The second kappa shape index (κ2) is 7.27. The fourth-order valence-electron chi connectivity index (χ4n) is 1.66. The quantitative estimate of drug-likeness (QED) is 0.736. The van der Waals surface area contributed by atoms with Crippen molar-refractivity contribution in [1.29, 1.82) is 0 Å². The van der Waals surface area contributed by atoms with Crippen molar-refractivity contribution in [2.24, 2.45) is 0 Å². The van der Waals surface area contributed by atoms with E-state index >= 15 is 0 Å². The molecule has 0 aliphatic heterocycles. The van der Waals surface area contributed by atoms with Crippen molar-refractivity contribution < 1.29 is 14.2 Å². The fraction of sp³-hybridized carbons (Fsp3) is 0.538. The van der Waals surface area contributed by atoms with E-state index < -0.39 is 0 Å². The molecule has 1 N–H and O–H groups in total. The van der Waals surface area contributed by atoms with Crippen LogP contribution in [0.15, 0.2) is 24.3 Å². The first-order valence-corrected chi connectivity index (χ1v) is 5.63. The van der Waals surface area contributed by atoms with Gasteiger partial charge in [0, 0.05) is 20.8 Å². The molecular formula is C13H21NO3. The van der Waals surface area contributed by atoms with Crippen molar-refractivity contribution in [1.82, 2.24) is 5.32 Å². The van der Waals surface area contributed by atoms with Crippen LogP contribution in [0, 0.1) is 0 Å². The van der Waals surface area contributed by atoms with Gasteiger partial charge in [-0.05, 0) is 24.6 Å². The third-order valence-corrected chi connectivity index (χ3v) is 2.64. The molecule has 0 saturated heterocycles. The number of methoxy groups -OCH3 is 3. The van der Waals surface area contributed by atoms with Crippen LogP contribution >= 0.6 is 0 Å². The van der Waals surface area contributed by atoms with Gasteiger partial charge < -0.3 is 19.5 Å². The van der Waals surface area contributed by atoms with Crippen LogP contribution in [0.1, 0.15) is 12.5 Å². The van der Waals surface area contributed by atoms with E-state index in [0.717, 1.165) is 12.3 Å². The molecule has 0 saturated carbocycles. The van der Waals surface area contributed by atoms with Gasteiger partial charge in [0.2, 0.25) is 0 Å². The Kier molecular flexibility index (Phi) is 5.97. The van der Waals surface area contributed by atoms with Gasteiger partial charge in [0.15, 0.2) is 6.29 Å². The number of ether oxygens (including phenoxy) is 3. The first-order valence-electron chi connectivity index (χ1n) is 5.63. The van der Waals surface area contributed by atoms with Crippen molar-refractivity contribution in [2.75, 3.05) is 21.3 Å². The van der Waals surface area contributed by atoms with E-state index in [9.17, 15) is 0 Å². The van der Waals surface area contributed by atoms with Crippen LogP contribution in [0.5, 0.6) is 5.75 Å². The van der Waals surface area contributed by atoms with Crippen molar-refractivity contribution in [3.05, 3.63) is 29.8 Å². The van der Waals surface area contributed by atoms with Crippen LogP contribution in [0.4, 0.5) is 0 Å². The summed E-state index contributed by atoms with van der Waals surface area (Å²) in [6.45, 7) is 2.78. The minimum Gasteiger partial charge on any atom is -0.497 e. The number of benzene rings is 1. The molecule has 0 heterocycles. The Balaban J connectivity index is 2.49. The fourth-order valence-corrected chi connectivity index (χ4v) is 1.66. The van der Waals surface area contributed by atoms with E-state index in [-0.39, 0.29) is 12.3 Å². The second-order valence-electron chi connectivity index (χ2n) is 3.86. The maximum Gasteiger partial charge on any atom is 0.171 e. The topological polar surface area (TPSA) is 39.7 Å². The van der Waals surface area contributed by atoms with Crippen LogP contribution in [0.3, 0.4) is 0 Å². The van der Waals surface area contributed by atoms with Crippen molar-refractivity contribution >= 4 is 0 Å². The Morgan fingerprint density at radius 3 is 2.47 bits per heavy atom. The molecule has 1 atom stereocenters. The van der Waals surface area contributed by atoms with E-state index in [4.69, 9.17) is 14.2 Å². The number of nitrogens with one attached hydrogen (secondary N) is 1. The molecule has 4 nitrogen and oxygen atoms in total. The van der Waals surface area contributed by atoms with Crippen LogP contribution in [0.25, 0.3) is 0 Å². The summed E-state index contributed by atoms with van der Waals surface area (Å²) in [6, 6.07) is 8.09. The van der Waals surface area contributed by atoms with E-state index in [1.165, 1.54) is 5.56 Å². The Labute approximate surface area is 103 Å². The Morgan fingerprint density at radius 2 is 1.88 bits per heavy atom. The minimum absolute atomic E-state index is 0.121. The highest BCUT2D eigenvalue weighted by Crippen LogP contribution is 2.12. The average Bonchev–Trinajstić information content (AvgIpc) is 2.38. The molecule has 1 unspecified atom stereocenters. The molecule has 4 heteroatoms. The summed E-state index contributed by atoms with van der Waals surface area (Å²) in [6.07, 6.45) is -0.236. The number of hydrogen-bond acceptors (Lipinski definition) is 4. The largest absolute Gasteiger partial charge is 0.497 e. The summed E-state index contributed by atoms with van der Waals surface area (Å²) in [5.41, 5.74) is 1.17. The molecule has 96 valence electrons. The summed E-state index contributed by atoms with van der Waals surface area (Å²) < 4.78 is 15.5. The van der Waals surface area contributed by atoms with Gasteiger partial charge >= 0.3 is 0 Å². The van der Waals surface area contributed by atoms with Gasteiger partial charge in [-0.1, -0.05) is 12.1 Å². The molecule has 0 aromatic heterocycles. The first-order chi connectivity index (χ1) is 8.21. The summed E-state index contributed by atoms with van der Waals surface area (Å²) in [7, 11) is 4.94. The standard InChI is InChI=1S/C13H21NO3/c1-10(13(16-3)17-4)14-9-11-6-5-7-12(8-11)15-2/h5-8,10,13-14H,9H2,1-4H3. The predicted octanol–water partition coefficient (Wildman–Crippen LogP) is 1.79. The molecular weight excluding hydrogens is 218 g/mol. The number of hydrogen-bond donors (Lipinski definition) is 1. The van der Waals surface area contributed by atoms with Crippen LogP contribution in [0.2, 0.25) is 0 Å². The molecule has 1 aromatic rings. The lowest BCUT2D eigenvalue weighted by molar-refractivity contribution is -0.119. The first kappa shape index (κ1) is 14.0. The van der Waals surface area contributed by atoms with Gasteiger partial charge in [0.05, 0.1) is 13.2 Å². The zero-order chi connectivity index (χ0) is 12.7. The zero-order valence-electron chi connectivity index (χ0n) is 10.9. The highest BCUT2D eigenvalue weighted by atomic mass is 16.7. The molecule has 0 amide bonds.